The highest BCUT2D eigenvalue weighted by Gasteiger charge is 2.34. The summed E-state index contributed by atoms with van der Waals surface area (Å²) in [6.45, 7) is 2.59. The fourth-order valence-corrected chi connectivity index (χ4v) is 4.21. The number of fused-ring (bicyclic) bond motifs is 5. The third-order valence-electron chi connectivity index (χ3n) is 5.11. The number of nitrogens with zero attached hydrogens (tertiary/aromatic N) is 3. The van der Waals surface area contributed by atoms with Crippen LogP contribution in [-0.2, 0) is 18.0 Å². The van der Waals surface area contributed by atoms with E-state index in [1.165, 1.54) is 12.8 Å². The van der Waals surface area contributed by atoms with Gasteiger partial charge in [-0.15, -0.1) is 0 Å². The molecule has 120 valence electrons. The Kier molecular flexibility index (Phi) is 3.02. The molecule has 0 radical (unpaired) electrons. The number of ether oxygens (including phenoxy) is 1. The first-order valence-corrected chi connectivity index (χ1v) is 8.32. The highest BCUT2D eigenvalue weighted by atomic mass is 35.5. The van der Waals surface area contributed by atoms with Gasteiger partial charge in [-0.2, -0.15) is 0 Å². The monoisotopic (exact) mass is 334 g/mol. The van der Waals surface area contributed by atoms with Crippen LogP contribution in [0.4, 0.5) is 10.2 Å². The van der Waals surface area contributed by atoms with Crippen molar-refractivity contribution in [3.05, 3.63) is 28.4 Å². The third-order valence-corrected chi connectivity index (χ3v) is 5.37. The van der Waals surface area contributed by atoms with E-state index in [1.54, 1.807) is 6.20 Å². The van der Waals surface area contributed by atoms with Crippen molar-refractivity contribution in [3.8, 4) is 0 Å². The van der Waals surface area contributed by atoms with Crippen molar-refractivity contribution >= 4 is 28.2 Å². The van der Waals surface area contributed by atoms with E-state index in [-0.39, 0.29) is 5.15 Å². The van der Waals surface area contributed by atoms with Crippen molar-refractivity contribution in [3.63, 3.8) is 0 Å². The highest BCUT2D eigenvalue weighted by Crippen LogP contribution is 2.37. The minimum Gasteiger partial charge on any atom is -0.370 e. The fourth-order valence-electron chi connectivity index (χ4n) is 4.06. The van der Waals surface area contributed by atoms with Gasteiger partial charge in [-0.05, 0) is 12.8 Å². The molecule has 3 aliphatic rings. The van der Waals surface area contributed by atoms with Gasteiger partial charge in [-0.25, -0.2) is 14.4 Å². The minimum atomic E-state index is -0.465. The lowest BCUT2D eigenvalue weighted by Crippen LogP contribution is -2.51. The molecule has 0 saturated carbocycles. The van der Waals surface area contributed by atoms with Crippen LogP contribution < -0.4 is 10.2 Å². The largest absolute Gasteiger partial charge is 0.370 e. The van der Waals surface area contributed by atoms with E-state index in [9.17, 15) is 4.39 Å². The summed E-state index contributed by atoms with van der Waals surface area (Å²) >= 11 is 5.91. The first kappa shape index (κ1) is 13.9. The quantitative estimate of drug-likeness (QED) is 0.812. The molecule has 0 spiro atoms. The molecule has 1 N–H and O–H groups in total. The van der Waals surface area contributed by atoms with Gasteiger partial charge < -0.3 is 15.0 Å². The number of hydrogen-bond donors (Lipinski definition) is 1. The summed E-state index contributed by atoms with van der Waals surface area (Å²) < 4.78 is 20.1. The van der Waals surface area contributed by atoms with Crippen molar-refractivity contribution in [2.45, 2.75) is 38.1 Å². The lowest BCUT2D eigenvalue weighted by Gasteiger charge is -2.34. The average molecular weight is 335 g/mol. The molecule has 2 unspecified atom stereocenters. The van der Waals surface area contributed by atoms with Crippen molar-refractivity contribution in [2.24, 2.45) is 0 Å². The van der Waals surface area contributed by atoms with E-state index >= 15 is 0 Å². The standard InChI is InChI=1S/C16H16ClFN4O/c17-15-14(18)13-10(3-19-15)16(21-12-7-23-6-11(12)13)22-4-8-1-2-9(5-22)20-8/h3,8-9,20H,1-2,4-7H2. The molecule has 23 heavy (non-hydrogen) atoms. The maximum atomic E-state index is 14.7. The van der Waals surface area contributed by atoms with Gasteiger partial charge in [0.15, 0.2) is 11.0 Å². The summed E-state index contributed by atoms with van der Waals surface area (Å²) in [6.07, 6.45) is 4.02. The molecule has 5 nitrogen and oxygen atoms in total. The smallest absolute Gasteiger partial charge is 0.168 e. The normalized spacial score (nSPS) is 26.1. The summed E-state index contributed by atoms with van der Waals surface area (Å²) in [5.41, 5.74) is 1.63. The molecule has 2 fully saturated rings. The van der Waals surface area contributed by atoms with Crippen molar-refractivity contribution in [2.75, 3.05) is 18.0 Å². The van der Waals surface area contributed by atoms with Gasteiger partial charge in [0.2, 0.25) is 0 Å². The molecule has 5 heterocycles. The topological polar surface area (TPSA) is 50.3 Å². The average Bonchev–Trinajstić information content (AvgIpc) is 3.15. The zero-order chi connectivity index (χ0) is 15.6. The first-order chi connectivity index (χ1) is 11.2. The Morgan fingerprint density at radius 2 is 2.04 bits per heavy atom. The van der Waals surface area contributed by atoms with Gasteiger partial charge in [0.05, 0.1) is 18.9 Å². The molecule has 7 heteroatoms. The molecule has 2 aromatic heterocycles. The predicted molar refractivity (Wildman–Crippen MR) is 85.2 cm³/mol. The van der Waals surface area contributed by atoms with Crippen molar-refractivity contribution < 1.29 is 9.13 Å². The van der Waals surface area contributed by atoms with Gasteiger partial charge >= 0.3 is 0 Å². The van der Waals surface area contributed by atoms with Gasteiger partial charge in [-0.1, -0.05) is 11.6 Å². The lowest BCUT2D eigenvalue weighted by atomic mass is 10.1. The van der Waals surface area contributed by atoms with Crippen molar-refractivity contribution in [1.82, 2.24) is 15.3 Å². The van der Waals surface area contributed by atoms with Crippen LogP contribution in [-0.4, -0.2) is 35.1 Å². The second-order valence-corrected chi connectivity index (χ2v) is 6.91. The van der Waals surface area contributed by atoms with E-state index in [4.69, 9.17) is 21.3 Å². The predicted octanol–water partition coefficient (Wildman–Crippen LogP) is 2.39. The summed E-state index contributed by atoms with van der Waals surface area (Å²) in [5, 5.41) is 4.77. The Hall–Kier alpha value is -1.50. The van der Waals surface area contributed by atoms with Crippen LogP contribution in [0, 0.1) is 5.82 Å². The Morgan fingerprint density at radius 1 is 1.26 bits per heavy atom. The van der Waals surface area contributed by atoms with Gasteiger partial charge in [0, 0.05) is 47.7 Å². The molecule has 2 bridgehead atoms. The zero-order valence-corrected chi connectivity index (χ0v) is 13.2. The lowest BCUT2D eigenvalue weighted by molar-refractivity contribution is 0.133. The van der Waals surface area contributed by atoms with Gasteiger partial charge in [-0.3, -0.25) is 0 Å². The maximum Gasteiger partial charge on any atom is 0.168 e. The third kappa shape index (κ3) is 2.05. The molecule has 2 aromatic rings. The van der Waals surface area contributed by atoms with E-state index in [0.29, 0.717) is 30.7 Å². The van der Waals surface area contributed by atoms with E-state index in [1.807, 2.05) is 0 Å². The molecule has 2 atom stereocenters. The summed E-state index contributed by atoms with van der Waals surface area (Å²) in [7, 11) is 0. The Bertz CT molecular complexity index is 803. The van der Waals surface area contributed by atoms with E-state index in [2.05, 4.69) is 15.2 Å². The molecule has 3 aliphatic heterocycles. The zero-order valence-electron chi connectivity index (χ0n) is 12.5. The Balaban J connectivity index is 1.73. The number of rotatable bonds is 1. The number of hydrogen-bond acceptors (Lipinski definition) is 5. The molecular formula is C16H16ClFN4O. The second kappa shape index (κ2) is 5.00. The molecule has 2 saturated heterocycles. The Labute approximate surface area is 137 Å². The number of halogens is 2. The van der Waals surface area contributed by atoms with Gasteiger partial charge in [0.1, 0.15) is 5.82 Å². The SMILES string of the molecule is Fc1c(Cl)ncc2c(N3CC4CCC(C3)N4)nc3c(c12)COC3. The number of anilines is 1. The Morgan fingerprint density at radius 3 is 2.83 bits per heavy atom. The van der Waals surface area contributed by atoms with E-state index < -0.39 is 5.82 Å². The first-order valence-electron chi connectivity index (χ1n) is 7.95. The number of piperazine rings is 1. The van der Waals surface area contributed by atoms with E-state index in [0.717, 1.165) is 35.6 Å². The summed E-state index contributed by atoms with van der Waals surface area (Å²) in [5.74, 6) is 0.346. The van der Waals surface area contributed by atoms with Crippen molar-refractivity contribution in [1.29, 1.82) is 0 Å². The van der Waals surface area contributed by atoms with Crippen LogP contribution >= 0.6 is 11.6 Å². The minimum absolute atomic E-state index is 0.0934. The number of pyridine rings is 2. The molecule has 0 aromatic carbocycles. The molecular weight excluding hydrogens is 319 g/mol. The second-order valence-electron chi connectivity index (χ2n) is 6.55. The fraction of sp³-hybridized carbons (Fsp3) is 0.500. The van der Waals surface area contributed by atoms with Crippen LogP contribution in [0.1, 0.15) is 24.1 Å². The number of nitrogens with one attached hydrogen (secondary N) is 1. The van der Waals surface area contributed by atoms with Crippen LogP contribution in [0.25, 0.3) is 10.8 Å². The van der Waals surface area contributed by atoms with Crippen LogP contribution in [0.2, 0.25) is 5.15 Å². The maximum absolute atomic E-state index is 14.7. The summed E-state index contributed by atoms with van der Waals surface area (Å²) in [6, 6.07) is 0.973. The van der Waals surface area contributed by atoms with Gasteiger partial charge in [0.25, 0.3) is 0 Å². The van der Waals surface area contributed by atoms with Crippen LogP contribution in [0.5, 0.6) is 0 Å². The molecule has 0 amide bonds. The molecule has 0 aliphatic carbocycles. The molecule has 5 rings (SSSR count). The van der Waals surface area contributed by atoms with Crippen LogP contribution in [0.15, 0.2) is 6.20 Å². The number of aromatic nitrogens is 2. The summed E-state index contributed by atoms with van der Waals surface area (Å²) in [4.78, 5) is 11.1. The highest BCUT2D eigenvalue weighted by molar-refractivity contribution is 6.30. The van der Waals surface area contributed by atoms with Crippen LogP contribution in [0.3, 0.4) is 0 Å².